The van der Waals surface area contributed by atoms with E-state index in [1.54, 1.807) is 0 Å². The summed E-state index contributed by atoms with van der Waals surface area (Å²) in [4.78, 5) is 0. The quantitative estimate of drug-likeness (QED) is 0.738. The summed E-state index contributed by atoms with van der Waals surface area (Å²) >= 11 is 0. The standard InChI is InChI=1S/C12H18O/c1-11(2,12(3,4)13)10-8-6-5-7-9-10/h5-9,13H,1-4H3. The Labute approximate surface area is 80.4 Å². The van der Waals surface area contributed by atoms with Crippen LogP contribution in [0.2, 0.25) is 0 Å². The van der Waals surface area contributed by atoms with Gasteiger partial charge in [-0.15, -0.1) is 0 Å². The summed E-state index contributed by atoms with van der Waals surface area (Å²) in [5.74, 6) is 0. The van der Waals surface area contributed by atoms with Crippen molar-refractivity contribution < 1.29 is 5.11 Å². The largest absolute Gasteiger partial charge is 0.390 e. The third-order valence-electron chi connectivity index (χ3n) is 3.02. The van der Waals surface area contributed by atoms with Crippen molar-refractivity contribution in [2.75, 3.05) is 0 Å². The fraction of sp³-hybridized carbons (Fsp3) is 0.500. The number of benzene rings is 1. The molecule has 13 heavy (non-hydrogen) atoms. The second-order valence-electron chi connectivity index (χ2n) is 4.55. The fourth-order valence-corrected chi connectivity index (χ4v) is 1.21. The Bertz CT molecular complexity index is 267. The van der Waals surface area contributed by atoms with Gasteiger partial charge in [0.2, 0.25) is 0 Å². The van der Waals surface area contributed by atoms with Crippen molar-refractivity contribution in [3.8, 4) is 0 Å². The summed E-state index contributed by atoms with van der Waals surface area (Å²) in [5, 5.41) is 10.00. The molecule has 0 atom stereocenters. The lowest BCUT2D eigenvalue weighted by Crippen LogP contribution is -2.42. The zero-order chi connectivity index (χ0) is 10.1. The van der Waals surface area contributed by atoms with E-state index in [0.29, 0.717) is 0 Å². The van der Waals surface area contributed by atoms with Gasteiger partial charge in [0.05, 0.1) is 5.60 Å². The van der Waals surface area contributed by atoms with E-state index in [9.17, 15) is 5.11 Å². The van der Waals surface area contributed by atoms with Gasteiger partial charge in [0.15, 0.2) is 0 Å². The lowest BCUT2D eigenvalue weighted by atomic mass is 9.72. The van der Waals surface area contributed by atoms with Crippen molar-refractivity contribution in [1.29, 1.82) is 0 Å². The number of hydrogen-bond acceptors (Lipinski definition) is 1. The van der Waals surface area contributed by atoms with E-state index in [2.05, 4.69) is 26.0 Å². The smallest absolute Gasteiger partial charge is 0.0682 e. The van der Waals surface area contributed by atoms with E-state index in [-0.39, 0.29) is 5.41 Å². The molecule has 1 aromatic rings. The molecule has 0 spiro atoms. The highest BCUT2D eigenvalue weighted by molar-refractivity contribution is 5.26. The van der Waals surface area contributed by atoms with Crippen molar-refractivity contribution in [3.05, 3.63) is 35.9 Å². The first-order valence-corrected chi connectivity index (χ1v) is 4.63. The molecule has 0 radical (unpaired) electrons. The summed E-state index contributed by atoms with van der Waals surface area (Å²) in [7, 11) is 0. The Hall–Kier alpha value is -0.820. The van der Waals surface area contributed by atoms with Crippen LogP contribution >= 0.6 is 0 Å². The molecule has 1 rings (SSSR count). The van der Waals surface area contributed by atoms with Gasteiger partial charge in [-0.1, -0.05) is 44.2 Å². The Kier molecular flexibility index (Phi) is 2.49. The molecule has 0 aliphatic rings. The molecular weight excluding hydrogens is 160 g/mol. The lowest BCUT2D eigenvalue weighted by Gasteiger charge is -2.37. The molecule has 0 amide bonds. The molecular formula is C12H18O. The Morgan fingerprint density at radius 2 is 1.38 bits per heavy atom. The molecule has 1 N–H and O–H groups in total. The maximum Gasteiger partial charge on any atom is 0.0682 e. The fourth-order valence-electron chi connectivity index (χ4n) is 1.21. The minimum atomic E-state index is -0.700. The molecule has 0 fully saturated rings. The molecule has 0 aliphatic carbocycles. The summed E-state index contributed by atoms with van der Waals surface area (Å²) in [6, 6.07) is 10.1. The first kappa shape index (κ1) is 10.3. The lowest BCUT2D eigenvalue weighted by molar-refractivity contribution is 0.00964. The van der Waals surface area contributed by atoms with Crippen molar-refractivity contribution in [1.82, 2.24) is 0 Å². The second-order valence-corrected chi connectivity index (χ2v) is 4.55. The third-order valence-corrected chi connectivity index (χ3v) is 3.02. The maximum atomic E-state index is 10.00. The minimum absolute atomic E-state index is 0.214. The van der Waals surface area contributed by atoms with Crippen molar-refractivity contribution in [3.63, 3.8) is 0 Å². The van der Waals surface area contributed by atoms with Crippen LogP contribution in [0.1, 0.15) is 33.3 Å². The van der Waals surface area contributed by atoms with E-state index >= 15 is 0 Å². The minimum Gasteiger partial charge on any atom is -0.390 e. The van der Waals surface area contributed by atoms with E-state index in [1.807, 2.05) is 32.0 Å². The first-order chi connectivity index (χ1) is 5.86. The predicted molar refractivity (Wildman–Crippen MR) is 55.8 cm³/mol. The molecule has 1 nitrogen and oxygen atoms in total. The van der Waals surface area contributed by atoms with Crippen molar-refractivity contribution in [2.45, 2.75) is 38.7 Å². The predicted octanol–water partition coefficient (Wildman–Crippen LogP) is 2.74. The van der Waals surface area contributed by atoms with Crippen molar-refractivity contribution >= 4 is 0 Å². The maximum absolute atomic E-state index is 10.00. The van der Waals surface area contributed by atoms with Crippen LogP contribution < -0.4 is 0 Å². The van der Waals surface area contributed by atoms with Gasteiger partial charge in [-0.25, -0.2) is 0 Å². The van der Waals surface area contributed by atoms with Gasteiger partial charge < -0.3 is 5.11 Å². The van der Waals surface area contributed by atoms with Crippen LogP contribution in [0, 0.1) is 0 Å². The van der Waals surface area contributed by atoms with E-state index in [1.165, 1.54) is 5.56 Å². The van der Waals surface area contributed by atoms with Gasteiger partial charge in [0.1, 0.15) is 0 Å². The number of rotatable bonds is 2. The average Bonchev–Trinajstić information content (AvgIpc) is 2.04. The molecule has 1 heteroatoms. The molecule has 0 bridgehead atoms. The topological polar surface area (TPSA) is 20.2 Å². The van der Waals surface area contributed by atoms with Gasteiger partial charge in [0.25, 0.3) is 0 Å². The molecule has 72 valence electrons. The van der Waals surface area contributed by atoms with Crippen LogP contribution in [-0.2, 0) is 5.41 Å². The van der Waals surface area contributed by atoms with Gasteiger partial charge in [-0.2, -0.15) is 0 Å². The van der Waals surface area contributed by atoms with Gasteiger partial charge in [0, 0.05) is 5.41 Å². The molecule has 0 saturated heterocycles. The molecule has 0 unspecified atom stereocenters. The highest BCUT2D eigenvalue weighted by Gasteiger charge is 2.36. The normalized spacial score (nSPS) is 13.0. The Morgan fingerprint density at radius 3 is 1.77 bits per heavy atom. The highest BCUT2D eigenvalue weighted by Crippen LogP contribution is 2.33. The van der Waals surface area contributed by atoms with Crippen molar-refractivity contribution in [2.24, 2.45) is 0 Å². The zero-order valence-electron chi connectivity index (χ0n) is 8.83. The van der Waals surface area contributed by atoms with Crippen LogP contribution in [0.3, 0.4) is 0 Å². The average molecular weight is 178 g/mol. The van der Waals surface area contributed by atoms with E-state index in [0.717, 1.165) is 0 Å². The summed E-state index contributed by atoms with van der Waals surface area (Å²) in [5.41, 5.74) is 0.255. The van der Waals surface area contributed by atoms with E-state index in [4.69, 9.17) is 0 Å². The van der Waals surface area contributed by atoms with Gasteiger partial charge in [-0.05, 0) is 19.4 Å². The molecule has 0 aliphatic heterocycles. The summed E-state index contributed by atoms with van der Waals surface area (Å²) in [6.07, 6.45) is 0. The van der Waals surface area contributed by atoms with Crippen LogP contribution in [0.15, 0.2) is 30.3 Å². The third kappa shape index (κ3) is 1.92. The van der Waals surface area contributed by atoms with Crippen LogP contribution in [0.5, 0.6) is 0 Å². The number of hydrogen-bond donors (Lipinski definition) is 1. The Balaban J connectivity index is 3.08. The zero-order valence-corrected chi connectivity index (χ0v) is 8.83. The molecule has 0 heterocycles. The van der Waals surface area contributed by atoms with Crippen LogP contribution in [0.4, 0.5) is 0 Å². The summed E-state index contributed by atoms with van der Waals surface area (Å²) < 4.78 is 0. The SMILES string of the molecule is CC(C)(O)C(C)(C)c1ccccc1. The first-order valence-electron chi connectivity index (χ1n) is 4.63. The highest BCUT2D eigenvalue weighted by atomic mass is 16.3. The van der Waals surface area contributed by atoms with Gasteiger partial charge >= 0.3 is 0 Å². The monoisotopic (exact) mass is 178 g/mol. The molecule has 1 aromatic carbocycles. The van der Waals surface area contributed by atoms with Crippen LogP contribution in [-0.4, -0.2) is 10.7 Å². The molecule has 0 saturated carbocycles. The van der Waals surface area contributed by atoms with Crippen LogP contribution in [0.25, 0.3) is 0 Å². The second kappa shape index (κ2) is 3.15. The summed E-state index contributed by atoms with van der Waals surface area (Å²) in [6.45, 7) is 7.81. The Morgan fingerprint density at radius 1 is 0.923 bits per heavy atom. The number of aliphatic hydroxyl groups is 1. The van der Waals surface area contributed by atoms with E-state index < -0.39 is 5.60 Å². The van der Waals surface area contributed by atoms with Gasteiger partial charge in [-0.3, -0.25) is 0 Å². The molecule has 0 aromatic heterocycles.